The highest BCUT2D eigenvalue weighted by atomic mass is 35.5. The summed E-state index contributed by atoms with van der Waals surface area (Å²) in [7, 11) is 3.17. The molecule has 1 saturated heterocycles. The summed E-state index contributed by atoms with van der Waals surface area (Å²) in [6, 6.07) is 5.22. The van der Waals surface area contributed by atoms with Gasteiger partial charge in [-0.25, -0.2) is 4.79 Å². The van der Waals surface area contributed by atoms with Crippen molar-refractivity contribution in [3.05, 3.63) is 23.8 Å². The first kappa shape index (κ1) is 20.3. The van der Waals surface area contributed by atoms with Crippen LogP contribution in [0.5, 0.6) is 11.5 Å². The summed E-state index contributed by atoms with van der Waals surface area (Å²) in [6.07, 6.45) is 0.445. The lowest BCUT2D eigenvalue weighted by molar-refractivity contribution is 0.0827. The normalized spacial score (nSPS) is 19.8. The number of hydrogen-bond acceptors (Lipinski definition) is 5. The quantitative estimate of drug-likeness (QED) is 0.605. The Labute approximate surface area is 148 Å². The van der Waals surface area contributed by atoms with Crippen LogP contribution in [0.4, 0.5) is 4.79 Å². The van der Waals surface area contributed by atoms with Gasteiger partial charge in [-0.2, -0.15) is 0 Å². The van der Waals surface area contributed by atoms with E-state index < -0.39 is 6.10 Å². The number of amides is 2. The third kappa shape index (κ3) is 6.07. The summed E-state index contributed by atoms with van der Waals surface area (Å²) in [5, 5.41) is 18.6. The number of halogens is 1. The van der Waals surface area contributed by atoms with Gasteiger partial charge < -0.3 is 30.5 Å². The van der Waals surface area contributed by atoms with Gasteiger partial charge in [-0.1, -0.05) is 0 Å². The fraction of sp³-hybridized carbons (Fsp3) is 0.562. The first-order chi connectivity index (χ1) is 11.1. The van der Waals surface area contributed by atoms with Gasteiger partial charge in [-0.05, 0) is 30.7 Å². The van der Waals surface area contributed by atoms with Gasteiger partial charge in [-0.15, -0.1) is 12.4 Å². The van der Waals surface area contributed by atoms with E-state index in [0.717, 1.165) is 18.5 Å². The molecule has 0 bridgehead atoms. The molecule has 2 rings (SSSR count). The molecule has 2 amide bonds. The molecule has 1 aliphatic heterocycles. The van der Waals surface area contributed by atoms with Crippen molar-refractivity contribution >= 4 is 18.4 Å². The highest BCUT2D eigenvalue weighted by molar-refractivity contribution is 5.85. The van der Waals surface area contributed by atoms with E-state index in [4.69, 9.17) is 9.47 Å². The van der Waals surface area contributed by atoms with E-state index in [0.29, 0.717) is 31.1 Å². The summed E-state index contributed by atoms with van der Waals surface area (Å²) in [6.45, 7) is 2.29. The van der Waals surface area contributed by atoms with E-state index in [1.165, 1.54) is 0 Å². The molecular formula is C16H26ClN3O4. The molecule has 0 unspecified atom stereocenters. The molecule has 1 aromatic rings. The molecule has 1 aromatic carbocycles. The van der Waals surface area contributed by atoms with E-state index in [1.807, 2.05) is 12.1 Å². The fourth-order valence-corrected chi connectivity index (χ4v) is 2.57. The molecule has 2 atom stereocenters. The number of rotatable bonds is 6. The number of nitrogens with one attached hydrogen (secondary N) is 3. The first-order valence-corrected chi connectivity index (χ1v) is 7.74. The van der Waals surface area contributed by atoms with Crippen LogP contribution in [0.2, 0.25) is 0 Å². The van der Waals surface area contributed by atoms with E-state index in [9.17, 15) is 9.90 Å². The lowest BCUT2D eigenvalue weighted by Gasteiger charge is -2.28. The van der Waals surface area contributed by atoms with Crippen LogP contribution in [0.15, 0.2) is 18.2 Å². The fourth-order valence-electron chi connectivity index (χ4n) is 2.57. The second kappa shape index (κ2) is 10.2. The molecule has 136 valence electrons. The molecule has 8 heteroatoms. The van der Waals surface area contributed by atoms with Crippen molar-refractivity contribution in [3.63, 3.8) is 0 Å². The van der Waals surface area contributed by atoms with Crippen molar-refractivity contribution < 1.29 is 19.4 Å². The van der Waals surface area contributed by atoms with Crippen molar-refractivity contribution in [1.82, 2.24) is 16.0 Å². The predicted molar refractivity (Wildman–Crippen MR) is 94.0 cm³/mol. The zero-order valence-corrected chi connectivity index (χ0v) is 14.8. The van der Waals surface area contributed by atoms with Crippen LogP contribution in [-0.2, 0) is 6.54 Å². The van der Waals surface area contributed by atoms with Gasteiger partial charge in [0.15, 0.2) is 0 Å². The average Bonchev–Trinajstić information content (AvgIpc) is 2.58. The van der Waals surface area contributed by atoms with Gasteiger partial charge in [0.05, 0.1) is 20.3 Å². The van der Waals surface area contributed by atoms with Gasteiger partial charge in [0.25, 0.3) is 0 Å². The Kier molecular flexibility index (Phi) is 8.67. The van der Waals surface area contributed by atoms with Gasteiger partial charge in [-0.3, -0.25) is 0 Å². The van der Waals surface area contributed by atoms with Crippen LogP contribution >= 0.6 is 12.4 Å². The molecule has 0 aromatic heterocycles. The molecule has 1 aliphatic rings. The molecule has 7 nitrogen and oxygen atoms in total. The number of piperidine rings is 1. The third-order valence-corrected chi connectivity index (χ3v) is 3.98. The van der Waals surface area contributed by atoms with Crippen molar-refractivity contribution in [3.8, 4) is 11.5 Å². The van der Waals surface area contributed by atoms with Crippen LogP contribution < -0.4 is 25.4 Å². The van der Waals surface area contributed by atoms with Crippen LogP contribution in [0.25, 0.3) is 0 Å². The zero-order chi connectivity index (χ0) is 16.7. The Hall–Kier alpha value is -1.70. The minimum atomic E-state index is -0.410. The van der Waals surface area contributed by atoms with Crippen LogP contribution in [0.3, 0.4) is 0 Å². The average molecular weight is 360 g/mol. The molecule has 0 saturated carbocycles. The van der Waals surface area contributed by atoms with Crippen molar-refractivity contribution in [1.29, 1.82) is 0 Å². The maximum absolute atomic E-state index is 11.9. The van der Waals surface area contributed by atoms with Crippen molar-refractivity contribution in [2.75, 3.05) is 33.9 Å². The molecule has 4 N–H and O–H groups in total. The number of methoxy groups -OCH3 is 2. The SMILES string of the molecule is COc1cc(CNC(=O)NC[C@@H]2CCNC[C@H]2O)cc(OC)c1.Cl. The topological polar surface area (TPSA) is 91.9 Å². The Morgan fingerprint density at radius 1 is 1.25 bits per heavy atom. The minimum Gasteiger partial charge on any atom is -0.497 e. The Morgan fingerprint density at radius 3 is 2.50 bits per heavy atom. The van der Waals surface area contributed by atoms with Crippen molar-refractivity contribution in [2.24, 2.45) is 5.92 Å². The molecule has 24 heavy (non-hydrogen) atoms. The second-order valence-corrected chi connectivity index (χ2v) is 5.60. The lowest BCUT2D eigenvalue weighted by atomic mass is 9.95. The molecule has 1 fully saturated rings. The van der Waals surface area contributed by atoms with E-state index >= 15 is 0 Å². The van der Waals surface area contributed by atoms with E-state index in [1.54, 1.807) is 20.3 Å². The summed E-state index contributed by atoms with van der Waals surface area (Å²) < 4.78 is 10.4. The maximum atomic E-state index is 11.9. The van der Waals surface area contributed by atoms with Gasteiger partial charge in [0.2, 0.25) is 0 Å². The molecule has 0 radical (unpaired) electrons. The predicted octanol–water partition coefficient (Wildman–Crippen LogP) is 0.895. The Bertz CT molecular complexity index is 508. The Balaban J connectivity index is 0.00000288. The molecule has 0 spiro atoms. The zero-order valence-electron chi connectivity index (χ0n) is 14.0. The Morgan fingerprint density at radius 2 is 1.92 bits per heavy atom. The standard InChI is InChI=1S/C16H25N3O4.ClH/c1-22-13-5-11(6-14(7-13)23-2)8-18-16(21)19-9-12-3-4-17-10-15(12)20;/h5-7,12,15,17,20H,3-4,8-10H2,1-2H3,(H2,18,19,21);1H/t12-,15+;/m0./s1. The smallest absolute Gasteiger partial charge is 0.315 e. The van der Waals surface area contributed by atoms with Crippen LogP contribution in [0.1, 0.15) is 12.0 Å². The number of carbonyl (C=O) groups is 1. The molecule has 0 aliphatic carbocycles. The molecular weight excluding hydrogens is 334 g/mol. The summed E-state index contributed by atoms with van der Waals surface area (Å²) in [5.41, 5.74) is 0.887. The van der Waals surface area contributed by atoms with Gasteiger partial charge in [0.1, 0.15) is 11.5 Å². The van der Waals surface area contributed by atoms with Crippen LogP contribution in [-0.4, -0.2) is 51.1 Å². The number of ether oxygens (including phenoxy) is 2. The first-order valence-electron chi connectivity index (χ1n) is 7.74. The lowest BCUT2D eigenvalue weighted by Crippen LogP contribution is -2.47. The van der Waals surface area contributed by atoms with E-state index in [2.05, 4.69) is 16.0 Å². The highest BCUT2D eigenvalue weighted by Crippen LogP contribution is 2.22. The summed E-state index contributed by atoms with van der Waals surface area (Å²) in [5.74, 6) is 1.46. The number of β-amino-alcohol motifs (C(OH)–C–C–N with tert-alkyl or cyclic N) is 1. The highest BCUT2D eigenvalue weighted by Gasteiger charge is 2.22. The number of aliphatic hydroxyl groups excluding tert-OH is 1. The largest absolute Gasteiger partial charge is 0.497 e. The molecule has 1 heterocycles. The van der Waals surface area contributed by atoms with Gasteiger partial charge in [0, 0.05) is 31.6 Å². The number of carbonyl (C=O) groups excluding carboxylic acids is 1. The third-order valence-electron chi connectivity index (χ3n) is 3.98. The monoisotopic (exact) mass is 359 g/mol. The second-order valence-electron chi connectivity index (χ2n) is 5.60. The maximum Gasteiger partial charge on any atom is 0.315 e. The van der Waals surface area contributed by atoms with E-state index in [-0.39, 0.29) is 24.4 Å². The van der Waals surface area contributed by atoms with Gasteiger partial charge >= 0.3 is 6.03 Å². The summed E-state index contributed by atoms with van der Waals surface area (Å²) in [4.78, 5) is 11.9. The van der Waals surface area contributed by atoms with Crippen molar-refractivity contribution in [2.45, 2.75) is 19.1 Å². The number of hydrogen-bond donors (Lipinski definition) is 4. The number of aliphatic hydroxyl groups is 1. The van der Waals surface area contributed by atoms with Crippen LogP contribution in [0, 0.1) is 5.92 Å². The number of benzene rings is 1. The summed E-state index contributed by atoms with van der Waals surface area (Å²) >= 11 is 0. The minimum absolute atomic E-state index is 0. The number of urea groups is 1.